The largest absolute Gasteiger partial charge is 0.462 e. The number of carbonyl (C=O) groups is 2. The van der Waals surface area contributed by atoms with E-state index in [2.05, 4.69) is 15.1 Å². The van der Waals surface area contributed by atoms with E-state index in [4.69, 9.17) is 27.9 Å². The molecule has 0 radical (unpaired) electrons. The molecule has 0 saturated carbocycles. The summed E-state index contributed by atoms with van der Waals surface area (Å²) >= 11 is 14.0. The quantitative estimate of drug-likeness (QED) is 0.380. The van der Waals surface area contributed by atoms with E-state index in [9.17, 15) is 9.59 Å². The highest BCUT2D eigenvalue weighted by Crippen LogP contribution is 2.36. The Bertz CT molecular complexity index is 1160. The third-order valence-electron chi connectivity index (χ3n) is 5.88. The molecular weight excluding hydrogens is 505 g/mol. The van der Waals surface area contributed by atoms with Gasteiger partial charge >= 0.3 is 5.97 Å². The maximum absolute atomic E-state index is 12.9. The molecule has 0 unspecified atom stereocenters. The zero-order chi connectivity index (χ0) is 24.8. The van der Waals surface area contributed by atoms with Gasteiger partial charge in [-0.3, -0.25) is 14.6 Å². The molecule has 4 rings (SSSR count). The predicted octanol–water partition coefficient (Wildman–Crippen LogP) is 5.65. The van der Waals surface area contributed by atoms with Gasteiger partial charge < -0.3 is 10.1 Å². The van der Waals surface area contributed by atoms with E-state index in [1.54, 1.807) is 6.92 Å². The third-order valence-corrected chi connectivity index (χ3v) is 7.49. The van der Waals surface area contributed by atoms with Crippen LogP contribution in [-0.4, -0.2) is 61.0 Å². The van der Waals surface area contributed by atoms with E-state index in [0.29, 0.717) is 27.2 Å². The number of nitrogens with one attached hydrogen (secondary N) is 1. The Kier molecular flexibility index (Phi) is 8.81. The van der Waals surface area contributed by atoms with Gasteiger partial charge in [-0.1, -0.05) is 59.6 Å². The Balaban J connectivity index is 1.37. The van der Waals surface area contributed by atoms with Crippen molar-refractivity contribution in [2.24, 2.45) is 0 Å². The van der Waals surface area contributed by atoms with Gasteiger partial charge in [0.25, 0.3) is 0 Å². The normalized spacial score (nSPS) is 14.6. The first-order valence-electron chi connectivity index (χ1n) is 11.5. The molecule has 0 atom stereocenters. The first-order chi connectivity index (χ1) is 17.0. The summed E-state index contributed by atoms with van der Waals surface area (Å²) in [6, 6.07) is 15.2. The highest BCUT2D eigenvalue weighted by Gasteiger charge is 2.25. The highest BCUT2D eigenvalue weighted by molar-refractivity contribution is 7.15. The number of hydrogen-bond donors (Lipinski definition) is 1. The Hall–Kier alpha value is -2.42. The zero-order valence-corrected chi connectivity index (χ0v) is 21.8. The van der Waals surface area contributed by atoms with Gasteiger partial charge in [0.2, 0.25) is 5.91 Å². The lowest BCUT2D eigenvalue weighted by Gasteiger charge is -2.34. The van der Waals surface area contributed by atoms with Crippen molar-refractivity contribution in [1.82, 2.24) is 9.80 Å². The second-order valence-electron chi connectivity index (χ2n) is 8.24. The van der Waals surface area contributed by atoms with E-state index in [1.807, 2.05) is 53.9 Å². The fourth-order valence-electron chi connectivity index (χ4n) is 4.07. The summed E-state index contributed by atoms with van der Waals surface area (Å²) < 4.78 is 5.28. The molecule has 1 aromatic heterocycles. The lowest BCUT2D eigenvalue weighted by atomic mass is 10.0. The fraction of sp³-hybridized carbons (Fsp3) is 0.308. The first-order valence-corrected chi connectivity index (χ1v) is 13.1. The molecular formula is C26H27Cl2N3O3S. The number of halogens is 2. The number of rotatable bonds is 8. The van der Waals surface area contributed by atoms with Gasteiger partial charge in [-0.15, -0.1) is 11.3 Å². The molecule has 1 aliphatic heterocycles. The second-order valence-corrected chi connectivity index (χ2v) is 9.93. The molecule has 3 aromatic rings. The number of nitrogens with zero attached hydrogens (tertiary/aromatic N) is 2. The van der Waals surface area contributed by atoms with Gasteiger partial charge in [-0.2, -0.15) is 0 Å². The molecule has 0 aliphatic carbocycles. The molecule has 1 saturated heterocycles. The van der Waals surface area contributed by atoms with Crippen LogP contribution in [0.2, 0.25) is 10.0 Å². The lowest BCUT2D eigenvalue weighted by molar-refractivity contribution is -0.117. The molecule has 184 valence electrons. The molecule has 1 aliphatic rings. The van der Waals surface area contributed by atoms with E-state index in [1.165, 1.54) is 11.3 Å². The standard InChI is InChI=1S/C26H27Cl2N3O3S/c1-2-34-26(33)24-20(18-7-4-3-5-8-18)17-35-25(24)29-23(32)16-31-13-11-30(12-14-31)15-19-21(27)9-6-10-22(19)28/h3-10,17H,2,11-16H2,1H3,(H,29,32). The molecule has 0 spiro atoms. The smallest absolute Gasteiger partial charge is 0.341 e. The van der Waals surface area contributed by atoms with Crippen LogP contribution in [0.4, 0.5) is 5.00 Å². The van der Waals surface area contributed by atoms with Crippen molar-refractivity contribution in [3.05, 3.63) is 75.1 Å². The van der Waals surface area contributed by atoms with Crippen molar-refractivity contribution in [3.8, 4) is 11.1 Å². The predicted molar refractivity (Wildman–Crippen MR) is 143 cm³/mol. The number of carbonyl (C=O) groups excluding carboxylic acids is 2. The van der Waals surface area contributed by atoms with Crippen LogP contribution < -0.4 is 5.32 Å². The van der Waals surface area contributed by atoms with Crippen LogP contribution in [0.5, 0.6) is 0 Å². The zero-order valence-electron chi connectivity index (χ0n) is 19.4. The topological polar surface area (TPSA) is 61.9 Å². The van der Waals surface area contributed by atoms with E-state index < -0.39 is 5.97 Å². The summed E-state index contributed by atoms with van der Waals surface area (Å²) in [7, 11) is 0. The van der Waals surface area contributed by atoms with Crippen molar-refractivity contribution < 1.29 is 14.3 Å². The van der Waals surface area contributed by atoms with Crippen LogP contribution >= 0.6 is 34.5 Å². The summed E-state index contributed by atoms with van der Waals surface area (Å²) in [6.45, 7) is 6.07. The number of anilines is 1. The number of esters is 1. The van der Waals surface area contributed by atoms with Crippen LogP contribution in [0.1, 0.15) is 22.8 Å². The second kappa shape index (κ2) is 12.0. The SMILES string of the molecule is CCOC(=O)c1c(-c2ccccc2)csc1NC(=O)CN1CCN(Cc2c(Cl)cccc2Cl)CC1. The van der Waals surface area contributed by atoms with Gasteiger partial charge in [-0.05, 0) is 24.6 Å². The van der Waals surface area contributed by atoms with Crippen LogP contribution in [0.15, 0.2) is 53.9 Å². The lowest BCUT2D eigenvalue weighted by Crippen LogP contribution is -2.48. The van der Waals surface area contributed by atoms with Gasteiger partial charge in [0, 0.05) is 59.3 Å². The van der Waals surface area contributed by atoms with Crippen molar-refractivity contribution in [2.45, 2.75) is 13.5 Å². The number of amides is 1. The average Bonchev–Trinajstić information content (AvgIpc) is 3.27. The molecule has 2 aromatic carbocycles. The molecule has 2 heterocycles. The first kappa shape index (κ1) is 25.7. The maximum Gasteiger partial charge on any atom is 0.341 e. The molecule has 0 bridgehead atoms. The number of piperazine rings is 1. The van der Waals surface area contributed by atoms with Crippen molar-refractivity contribution >= 4 is 51.4 Å². The summed E-state index contributed by atoms with van der Waals surface area (Å²) in [5.74, 6) is -0.589. The number of ether oxygens (including phenoxy) is 1. The third kappa shape index (κ3) is 6.42. The minimum atomic E-state index is -0.435. The van der Waals surface area contributed by atoms with E-state index >= 15 is 0 Å². The molecule has 9 heteroatoms. The van der Waals surface area contributed by atoms with Crippen molar-refractivity contribution in [2.75, 3.05) is 44.6 Å². The van der Waals surface area contributed by atoms with Crippen LogP contribution in [0, 0.1) is 0 Å². The van der Waals surface area contributed by atoms with Gasteiger partial charge in [0.1, 0.15) is 10.6 Å². The fourth-order valence-corrected chi connectivity index (χ4v) is 5.56. The molecule has 1 fully saturated rings. The Morgan fingerprint density at radius 2 is 1.63 bits per heavy atom. The summed E-state index contributed by atoms with van der Waals surface area (Å²) in [5.41, 5.74) is 3.00. The summed E-state index contributed by atoms with van der Waals surface area (Å²) in [5, 5.41) is 6.68. The molecule has 6 nitrogen and oxygen atoms in total. The van der Waals surface area contributed by atoms with Crippen molar-refractivity contribution in [3.63, 3.8) is 0 Å². The Morgan fingerprint density at radius 3 is 2.29 bits per heavy atom. The maximum atomic E-state index is 12.9. The average molecular weight is 532 g/mol. The number of hydrogen-bond acceptors (Lipinski definition) is 6. The highest BCUT2D eigenvalue weighted by atomic mass is 35.5. The van der Waals surface area contributed by atoms with E-state index in [-0.39, 0.29) is 19.1 Å². The molecule has 1 amide bonds. The van der Waals surface area contributed by atoms with Crippen LogP contribution in [0.25, 0.3) is 11.1 Å². The minimum Gasteiger partial charge on any atom is -0.462 e. The van der Waals surface area contributed by atoms with Gasteiger partial charge in [0.15, 0.2) is 0 Å². The number of thiophene rings is 1. The minimum absolute atomic E-state index is 0.153. The molecule has 1 N–H and O–H groups in total. The summed E-state index contributed by atoms with van der Waals surface area (Å²) in [6.07, 6.45) is 0. The Morgan fingerprint density at radius 1 is 0.971 bits per heavy atom. The van der Waals surface area contributed by atoms with Crippen molar-refractivity contribution in [1.29, 1.82) is 0 Å². The molecule has 35 heavy (non-hydrogen) atoms. The van der Waals surface area contributed by atoms with Crippen LogP contribution in [0.3, 0.4) is 0 Å². The van der Waals surface area contributed by atoms with Crippen LogP contribution in [-0.2, 0) is 16.1 Å². The Labute approximate surface area is 219 Å². The number of benzene rings is 2. The summed E-state index contributed by atoms with van der Waals surface area (Å²) in [4.78, 5) is 30.0. The van der Waals surface area contributed by atoms with E-state index in [0.717, 1.165) is 42.9 Å². The van der Waals surface area contributed by atoms with Gasteiger partial charge in [0.05, 0.1) is 13.2 Å². The van der Waals surface area contributed by atoms with Gasteiger partial charge in [-0.25, -0.2) is 4.79 Å². The monoisotopic (exact) mass is 531 g/mol.